The minimum Gasteiger partial charge on any atom is -0.381 e. The zero-order valence-corrected chi connectivity index (χ0v) is 19.0. The average molecular weight is 428 g/mol. The minimum absolute atomic E-state index is 0.112. The Morgan fingerprint density at radius 1 is 0.969 bits per heavy atom. The fourth-order valence-corrected chi connectivity index (χ4v) is 3.72. The van der Waals surface area contributed by atoms with Crippen LogP contribution in [0.3, 0.4) is 0 Å². The molecule has 0 atom stereocenters. The lowest BCUT2D eigenvalue weighted by atomic mass is 9.87. The SMILES string of the molecule is CCNc1cc(Cc2nnc(Nc3ccc(C(C)(C)C)cc3)c3ccccc23)c[nH]c1=O. The predicted octanol–water partition coefficient (Wildman–Crippen LogP) is 5.38. The molecule has 6 nitrogen and oxygen atoms in total. The van der Waals surface area contributed by atoms with Crippen LogP contribution in [-0.4, -0.2) is 21.7 Å². The van der Waals surface area contributed by atoms with Crippen molar-refractivity contribution in [3.8, 4) is 0 Å². The zero-order chi connectivity index (χ0) is 22.7. The number of aromatic nitrogens is 3. The molecule has 2 aromatic carbocycles. The molecule has 2 heterocycles. The summed E-state index contributed by atoms with van der Waals surface area (Å²) < 4.78 is 0. The molecular formula is C26H29N5O. The molecule has 0 aliphatic carbocycles. The minimum atomic E-state index is -0.122. The van der Waals surface area contributed by atoms with Crippen LogP contribution < -0.4 is 16.2 Å². The van der Waals surface area contributed by atoms with Crippen molar-refractivity contribution in [1.29, 1.82) is 0 Å². The molecule has 0 spiro atoms. The molecule has 2 aromatic heterocycles. The molecule has 164 valence electrons. The Labute approximate surface area is 188 Å². The Morgan fingerprint density at radius 2 is 1.69 bits per heavy atom. The van der Waals surface area contributed by atoms with Gasteiger partial charge in [-0.25, -0.2) is 0 Å². The summed E-state index contributed by atoms with van der Waals surface area (Å²) in [5, 5.41) is 17.6. The van der Waals surface area contributed by atoms with Crippen LogP contribution in [0.15, 0.2) is 65.6 Å². The van der Waals surface area contributed by atoms with Crippen molar-refractivity contribution in [3.63, 3.8) is 0 Å². The van der Waals surface area contributed by atoms with Crippen LogP contribution in [0.4, 0.5) is 17.2 Å². The van der Waals surface area contributed by atoms with Crippen molar-refractivity contribution in [3.05, 3.63) is 88.0 Å². The first kappa shape index (κ1) is 21.6. The Kier molecular flexibility index (Phi) is 5.95. The molecule has 0 bridgehead atoms. The molecule has 0 fully saturated rings. The number of anilines is 3. The van der Waals surface area contributed by atoms with E-state index in [4.69, 9.17) is 0 Å². The Morgan fingerprint density at radius 3 is 2.38 bits per heavy atom. The summed E-state index contributed by atoms with van der Waals surface area (Å²) >= 11 is 0. The van der Waals surface area contributed by atoms with Gasteiger partial charge >= 0.3 is 0 Å². The number of fused-ring (bicyclic) bond motifs is 1. The van der Waals surface area contributed by atoms with Gasteiger partial charge in [0.15, 0.2) is 5.82 Å². The highest BCUT2D eigenvalue weighted by Gasteiger charge is 2.14. The molecular weight excluding hydrogens is 398 g/mol. The molecule has 6 heteroatoms. The van der Waals surface area contributed by atoms with E-state index in [-0.39, 0.29) is 11.0 Å². The van der Waals surface area contributed by atoms with Crippen LogP contribution in [-0.2, 0) is 11.8 Å². The maximum absolute atomic E-state index is 12.0. The van der Waals surface area contributed by atoms with Gasteiger partial charge in [0, 0.05) is 35.6 Å². The topological polar surface area (TPSA) is 82.7 Å². The van der Waals surface area contributed by atoms with E-state index in [0.717, 1.165) is 33.5 Å². The van der Waals surface area contributed by atoms with Gasteiger partial charge in [-0.3, -0.25) is 4.79 Å². The lowest BCUT2D eigenvalue weighted by molar-refractivity contribution is 0.590. The summed E-state index contributed by atoms with van der Waals surface area (Å²) in [5.74, 6) is 0.725. The van der Waals surface area contributed by atoms with E-state index in [1.165, 1.54) is 5.56 Å². The van der Waals surface area contributed by atoms with E-state index >= 15 is 0 Å². The highest BCUT2D eigenvalue weighted by molar-refractivity contribution is 5.94. The normalized spacial score (nSPS) is 11.5. The molecule has 4 aromatic rings. The molecule has 4 rings (SSSR count). The molecule has 3 N–H and O–H groups in total. The summed E-state index contributed by atoms with van der Waals surface area (Å²) in [6.07, 6.45) is 2.31. The number of H-pyrrole nitrogens is 1. The third kappa shape index (κ3) is 4.64. The Balaban J connectivity index is 1.65. The number of aromatic amines is 1. The fraction of sp³-hybridized carbons (Fsp3) is 0.269. The van der Waals surface area contributed by atoms with Gasteiger partial charge in [-0.2, -0.15) is 5.10 Å². The molecule has 0 aliphatic heterocycles. The van der Waals surface area contributed by atoms with Gasteiger partial charge in [0.25, 0.3) is 5.56 Å². The second-order valence-electron chi connectivity index (χ2n) is 8.95. The molecule has 32 heavy (non-hydrogen) atoms. The number of hydrogen-bond acceptors (Lipinski definition) is 5. The van der Waals surface area contributed by atoms with Crippen LogP contribution >= 0.6 is 0 Å². The van der Waals surface area contributed by atoms with Crippen molar-refractivity contribution in [1.82, 2.24) is 15.2 Å². The maximum atomic E-state index is 12.0. The largest absolute Gasteiger partial charge is 0.381 e. The number of hydrogen-bond donors (Lipinski definition) is 3. The third-order valence-electron chi connectivity index (χ3n) is 5.48. The Bertz CT molecular complexity index is 1290. The molecule has 0 saturated heterocycles. The summed E-state index contributed by atoms with van der Waals surface area (Å²) in [4.78, 5) is 14.8. The lowest BCUT2D eigenvalue weighted by Gasteiger charge is -2.19. The monoisotopic (exact) mass is 427 g/mol. The number of nitrogens with zero attached hydrogens (tertiary/aromatic N) is 2. The van der Waals surface area contributed by atoms with Gasteiger partial charge in [0.1, 0.15) is 5.69 Å². The van der Waals surface area contributed by atoms with Gasteiger partial charge < -0.3 is 15.6 Å². The van der Waals surface area contributed by atoms with Crippen molar-refractivity contribution >= 4 is 28.0 Å². The molecule has 0 radical (unpaired) electrons. The summed E-state index contributed by atoms with van der Waals surface area (Å²) in [6, 6.07) is 18.4. The maximum Gasteiger partial charge on any atom is 0.271 e. The highest BCUT2D eigenvalue weighted by Crippen LogP contribution is 2.28. The van der Waals surface area contributed by atoms with Crippen LogP contribution in [0.2, 0.25) is 0 Å². The molecule has 0 saturated carbocycles. The summed E-state index contributed by atoms with van der Waals surface area (Å²) in [5.41, 5.74) is 4.65. The number of rotatable bonds is 6. The fourth-order valence-electron chi connectivity index (χ4n) is 3.72. The van der Waals surface area contributed by atoms with Crippen molar-refractivity contribution in [2.24, 2.45) is 0 Å². The first-order chi connectivity index (χ1) is 15.3. The first-order valence-electron chi connectivity index (χ1n) is 10.9. The summed E-state index contributed by atoms with van der Waals surface area (Å²) in [6.45, 7) is 9.27. The van der Waals surface area contributed by atoms with Crippen molar-refractivity contribution < 1.29 is 0 Å². The third-order valence-corrected chi connectivity index (χ3v) is 5.48. The van der Waals surface area contributed by atoms with Gasteiger partial charge in [0.05, 0.1) is 5.69 Å². The lowest BCUT2D eigenvalue weighted by Crippen LogP contribution is -2.14. The second kappa shape index (κ2) is 8.83. The molecule has 0 amide bonds. The van der Waals surface area contributed by atoms with E-state index in [1.807, 2.05) is 25.1 Å². The number of nitrogens with one attached hydrogen (secondary N) is 3. The van der Waals surface area contributed by atoms with Gasteiger partial charge in [-0.1, -0.05) is 57.2 Å². The van der Waals surface area contributed by atoms with Gasteiger partial charge in [-0.15, -0.1) is 5.10 Å². The van der Waals surface area contributed by atoms with E-state index < -0.39 is 0 Å². The summed E-state index contributed by atoms with van der Waals surface area (Å²) in [7, 11) is 0. The number of pyridine rings is 1. The zero-order valence-electron chi connectivity index (χ0n) is 19.0. The molecule has 0 aliphatic rings. The Hall–Kier alpha value is -3.67. The first-order valence-corrected chi connectivity index (χ1v) is 10.9. The van der Waals surface area contributed by atoms with Crippen molar-refractivity contribution in [2.75, 3.05) is 17.2 Å². The van der Waals surface area contributed by atoms with Crippen LogP contribution in [0, 0.1) is 0 Å². The molecule has 0 unspecified atom stereocenters. The van der Waals surface area contributed by atoms with Gasteiger partial charge in [0.2, 0.25) is 0 Å². The quantitative estimate of drug-likeness (QED) is 0.385. The average Bonchev–Trinajstić information content (AvgIpc) is 2.77. The van der Waals surface area contributed by atoms with Crippen LogP contribution in [0.1, 0.15) is 44.5 Å². The van der Waals surface area contributed by atoms with E-state index in [9.17, 15) is 4.79 Å². The van der Waals surface area contributed by atoms with Crippen molar-refractivity contribution in [2.45, 2.75) is 39.5 Å². The standard InChI is InChI=1S/C26H29N5O/c1-5-27-23-15-17(16-28-25(23)32)14-22-20-8-6-7-9-21(20)24(31-30-22)29-19-12-10-18(11-13-19)26(2,3)4/h6-13,15-16,27H,5,14H2,1-4H3,(H,28,32)(H,29,31). The van der Waals surface area contributed by atoms with Crippen LogP contribution in [0.5, 0.6) is 0 Å². The van der Waals surface area contributed by atoms with Gasteiger partial charge in [-0.05, 0) is 41.7 Å². The van der Waals surface area contributed by atoms with E-state index in [2.05, 4.69) is 83.0 Å². The second-order valence-corrected chi connectivity index (χ2v) is 8.95. The van der Waals surface area contributed by atoms with E-state index in [1.54, 1.807) is 6.20 Å². The van der Waals surface area contributed by atoms with E-state index in [0.29, 0.717) is 18.7 Å². The highest BCUT2D eigenvalue weighted by atomic mass is 16.1. The smallest absolute Gasteiger partial charge is 0.271 e. The van der Waals surface area contributed by atoms with Crippen LogP contribution in [0.25, 0.3) is 10.8 Å². The number of benzene rings is 2. The predicted molar refractivity (Wildman–Crippen MR) is 132 cm³/mol.